The van der Waals surface area contributed by atoms with Crippen LogP contribution in [-0.4, -0.2) is 20.7 Å². The van der Waals surface area contributed by atoms with Crippen LogP contribution in [-0.2, 0) is 12.8 Å². The highest BCUT2D eigenvalue weighted by atomic mass is 35.5. The van der Waals surface area contributed by atoms with Crippen molar-refractivity contribution in [3.8, 4) is 22.6 Å². The summed E-state index contributed by atoms with van der Waals surface area (Å²) in [4.78, 5) is 0. The van der Waals surface area contributed by atoms with E-state index in [-0.39, 0.29) is 18.5 Å². The van der Waals surface area contributed by atoms with Crippen LogP contribution in [0.4, 0.5) is 0 Å². The highest BCUT2D eigenvalue weighted by Crippen LogP contribution is 2.40. The molecule has 0 bridgehead atoms. The number of ether oxygens (including phenoxy) is 2. The van der Waals surface area contributed by atoms with E-state index in [1.165, 1.54) is 11.1 Å². The maximum Gasteiger partial charge on any atom is 0.128 e. The molecule has 1 unspecified atom stereocenters. The first-order chi connectivity index (χ1) is 15.7. The first-order valence-electron chi connectivity index (χ1n) is 11.1. The van der Waals surface area contributed by atoms with E-state index >= 15 is 0 Å². The highest BCUT2D eigenvalue weighted by molar-refractivity contribution is 5.85. The van der Waals surface area contributed by atoms with E-state index in [1.807, 2.05) is 31.3 Å². The number of allylic oxidation sites excluding steroid dienone is 2. The smallest absolute Gasteiger partial charge is 0.128 e. The molecule has 3 nitrogen and oxygen atoms in total. The maximum absolute atomic E-state index is 6.68. The van der Waals surface area contributed by atoms with Gasteiger partial charge in [0.15, 0.2) is 0 Å². The second-order valence-electron chi connectivity index (χ2n) is 7.76. The van der Waals surface area contributed by atoms with Gasteiger partial charge in [0.1, 0.15) is 17.6 Å². The first-order valence-corrected chi connectivity index (χ1v) is 11.1. The average molecular weight is 464 g/mol. The fourth-order valence-electron chi connectivity index (χ4n) is 3.83. The Morgan fingerprint density at radius 2 is 1.42 bits per heavy atom. The molecular formula is C29H34ClNO2. The molecule has 0 heterocycles. The standard InChI is InChI=1S/C29H33NO2.ClH/c1-5-10-22-14-16-28(31-4)25(20-22)26-21-23(11-6-2)15-17-29(26)32-27(18-19-30-3)24-12-8-7-9-13-24;/h5-9,12-17,20-21,27,30H,1-2,10-11,18-19H2,3-4H3;1H. The van der Waals surface area contributed by atoms with Gasteiger partial charge in [-0.1, -0.05) is 54.6 Å². The molecule has 0 radical (unpaired) electrons. The molecule has 4 heteroatoms. The minimum atomic E-state index is -0.0602. The summed E-state index contributed by atoms with van der Waals surface area (Å²) in [6.45, 7) is 8.65. The van der Waals surface area contributed by atoms with Gasteiger partial charge in [-0.3, -0.25) is 0 Å². The van der Waals surface area contributed by atoms with Crippen molar-refractivity contribution < 1.29 is 9.47 Å². The SMILES string of the molecule is C=CCc1ccc(OC)c(-c2cc(CC=C)ccc2OC(CCNC)c2ccccc2)c1.Cl. The zero-order valence-corrected chi connectivity index (χ0v) is 20.4. The topological polar surface area (TPSA) is 30.5 Å². The van der Waals surface area contributed by atoms with Gasteiger partial charge in [-0.05, 0) is 67.4 Å². The van der Waals surface area contributed by atoms with Crippen LogP contribution in [0.2, 0.25) is 0 Å². The monoisotopic (exact) mass is 463 g/mol. The van der Waals surface area contributed by atoms with Crippen molar-refractivity contribution in [2.45, 2.75) is 25.4 Å². The van der Waals surface area contributed by atoms with Crippen LogP contribution in [0, 0.1) is 0 Å². The number of hydrogen-bond acceptors (Lipinski definition) is 3. The number of hydrogen-bond donors (Lipinski definition) is 1. The third kappa shape index (κ3) is 6.98. The zero-order chi connectivity index (χ0) is 22.8. The van der Waals surface area contributed by atoms with Crippen LogP contribution in [0.5, 0.6) is 11.5 Å². The van der Waals surface area contributed by atoms with Gasteiger partial charge in [0, 0.05) is 17.5 Å². The molecule has 0 saturated carbocycles. The fraction of sp³-hybridized carbons (Fsp3) is 0.241. The second kappa shape index (κ2) is 13.5. The Bertz CT molecular complexity index is 1030. The van der Waals surface area contributed by atoms with Crippen LogP contribution in [0.3, 0.4) is 0 Å². The summed E-state index contributed by atoms with van der Waals surface area (Å²) < 4.78 is 12.4. The summed E-state index contributed by atoms with van der Waals surface area (Å²) in [7, 11) is 3.67. The van der Waals surface area contributed by atoms with Crippen LogP contribution in [0.15, 0.2) is 92.0 Å². The molecule has 0 amide bonds. The van der Waals surface area contributed by atoms with Crippen molar-refractivity contribution >= 4 is 12.4 Å². The number of benzene rings is 3. The number of methoxy groups -OCH3 is 1. The van der Waals surface area contributed by atoms with E-state index in [2.05, 4.69) is 73.1 Å². The molecule has 3 aromatic carbocycles. The van der Waals surface area contributed by atoms with Crippen LogP contribution >= 0.6 is 12.4 Å². The van der Waals surface area contributed by atoms with Gasteiger partial charge in [0.05, 0.1) is 7.11 Å². The van der Waals surface area contributed by atoms with E-state index in [4.69, 9.17) is 9.47 Å². The minimum absolute atomic E-state index is 0. The van der Waals surface area contributed by atoms with Gasteiger partial charge in [0.2, 0.25) is 0 Å². The molecule has 174 valence electrons. The molecule has 1 atom stereocenters. The third-order valence-electron chi connectivity index (χ3n) is 5.46. The molecule has 0 aliphatic rings. The molecule has 0 spiro atoms. The van der Waals surface area contributed by atoms with E-state index in [0.29, 0.717) is 0 Å². The molecule has 3 aromatic rings. The lowest BCUT2D eigenvalue weighted by Gasteiger charge is -2.23. The molecular weight excluding hydrogens is 430 g/mol. The van der Waals surface area contributed by atoms with Crippen LogP contribution < -0.4 is 14.8 Å². The van der Waals surface area contributed by atoms with Crippen molar-refractivity contribution in [1.29, 1.82) is 0 Å². The summed E-state index contributed by atoms with van der Waals surface area (Å²) in [6, 6.07) is 23.0. The molecule has 0 aromatic heterocycles. The Morgan fingerprint density at radius 1 is 0.848 bits per heavy atom. The van der Waals surface area contributed by atoms with Gasteiger partial charge in [-0.15, -0.1) is 25.6 Å². The first kappa shape index (κ1) is 26.2. The predicted molar refractivity (Wildman–Crippen MR) is 142 cm³/mol. The summed E-state index contributed by atoms with van der Waals surface area (Å²) in [5.74, 6) is 1.67. The summed E-state index contributed by atoms with van der Waals surface area (Å²) in [5.41, 5.74) is 5.58. The average Bonchev–Trinajstić information content (AvgIpc) is 2.83. The normalized spacial score (nSPS) is 11.2. The van der Waals surface area contributed by atoms with Crippen molar-refractivity contribution in [2.24, 2.45) is 0 Å². The molecule has 1 N–H and O–H groups in total. The molecule has 0 aliphatic heterocycles. The predicted octanol–water partition coefficient (Wildman–Crippen LogP) is 6.97. The summed E-state index contributed by atoms with van der Waals surface area (Å²) >= 11 is 0. The summed E-state index contributed by atoms with van der Waals surface area (Å²) in [5, 5.41) is 3.25. The van der Waals surface area contributed by atoms with Crippen molar-refractivity contribution in [1.82, 2.24) is 5.32 Å². The van der Waals surface area contributed by atoms with Gasteiger partial charge >= 0.3 is 0 Å². The molecule has 3 rings (SSSR count). The largest absolute Gasteiger partial charge is 0.496 e. The maximum atomic E-state index is 6.68. The molecule has 33 heavy (non-hydrogen) atoms. The Labute approximate surface area is 204 Å². The lowest BCUT2D eigenvalue weighted by Crippen LogP contribution is -2.16. The van der Waals surface area contributed by atoms with Crippen molar-refractivity contribution in [3.05, 3.63) is 109 Å². The van der Waals surface area contributed by atoms with Gasteiger partial charge in [-0.2, -0.15) is 0 Å². The Balaban J connectivity index is 0.00000385. The molecule has 0 fully saturated rings. The molecule has 0 aliphatic carbocycles. The highest BCUT2D eigenvalue weighted by Gasteiger charge is 2.18. The Morgan fingerprint density at radius 3 is 1.97 bits per heavy atom. The van der Waals surface area contributed by atoms with E-state index < -0.39 is 0 Å². The van der Waals surface area contributed by atoms with E-state index in [9.17, 15) is 0 Å². The number of rotatable bonds is 12. The van der Waals surface area contributed by atoms with Gasteiger partial charge < -0.3 is 14.8 Å². The lowest BCUT2D eigenvalue weighted by atomic mass is 9.96. The molecule has 0 saturated heterocycles. The van der Waals surface area contributed by atoms with E-state index in [1.54, 1.807) is 7.11 Å². The Kier molecular flexibility index (Phi) is 10.8. The minimum Gasteiger partial charge on any atom is -0.496 e. The second-order valence-corrected chi connectivity index (χ2v) is 7.76. The summed E-state index contributed by atoms with van der Waals surface area (Å²) in [6.07, 6.45) is 6.24. The van der Waals surface area contributed by atoms with Crippen LogP contribution in [0.1, 0.15) is 29.2 Å². The van der Waals surface area contributed by atoms with Gasteiger partial charge in [-0.25, -0.2) is 0 Å². The lowest BCUT2D eigenvalue weighted by molar-refractivity contribution is 0.196. The van der Waals surface area contributed by atoms with Crippen LogP contribution in [0.25, 0.3) is 11.1 Å². The van der Waals surface area contributed by atoms with Gasteiger partial charge in [0.25, 0.3) is 0 Å². The fourth-order valence-corrected chi connectivity index (χ4v) is 3.83. The zero-order valence-electron chi connectivity index (χ0n) is 19.6. The van der Waals surface area contributed by atoms with Crippen molar-refractivity contribution in [2.75, 3.05) is 20.7 Å². The number of nitrogens with one attached hydrogen (secondary N) is 1. The quantitative estimate of drug-likeness (QED) is 0.294. The Hall–Kier alpha value is -3.01. The van der Waals surface area contributed by atoms with E-state index in [0.717, 1.165) is 54.0 Å². The van der Waals surface area contributed by atoms with Crippen molar-refractivity contribution in [3.63, 3.8) is 0 Å². The third-order valence-corrected chi connectivity index (χ3v) is 5.46. The number of halogens is 1.